The van der Waals surface area contributed by atoms with Gasteiger partial charge in [-0.25, -0.2) is 9.50 Å². The molecule has 1 fully saturated rings. The number of rotatable bonds is 3. The second kappa shape index (κ2) is 6.30. The summed E-state index contributed by atoms with van der Waals surface area (Å²) in [4.78, 5) is 31.1. The number of aromatic nitrogens is 3. The van der Waals surface area contributed by atoms with Crippen LogP contribution in [0.1, 0.15) is 45.7 Å². The molecular weight excluding hydrogens is 354 g/mol. The van der Waals surface area contributed by atoms with Crippen LogP contribution in [0.15, 0.2) is 54.9 Å². The SMILES string of the molecule is NC(=O)c1cnn2c(C(=O)N3C4C=C(c5ccccc5)CC3CC4)ccnc12. The number of primary amides is 1. The zero-order valence-electron chi connectivity index (χ0n) is 15.2. The normalized spacial score (nSPS) is 21.0. The molecule has 3 aromatic rings. The van der Waals surface area contributed by atoms with E-state index >= 15 is 0 Å². The number of hydrogen-bond acceptors (Lipinski definition) is 4. The monoisotopic (exact) mass is 373 g/mol. The molecule has 2 bridgehead atoms. The van der Waals surface area contributed by atoms with Gasteiger partial charge < -0.3 is 10.6 Å². The molecule has 1 aromatic carbocycles. The first kappa shape index (κ1) is 16.7. The van der Waals surface area contributed by atoms with Crippen LogP contribution >= 0.6 is 0 Å². The van der Waals surface area contributed by atoms with Gasteiger partial charge in [-0.2, -0.15) is 5.10 Å². The third kappa shape index (κ3) is 2.51. The van der Waals surface area contributed by atoms with Gasteiger partial charge in [0.2, 0.25) is 0 Å². The van der Waals surface area contributed by atoms with Crippen LogP contribution in [-0.4, -0.2) is 43.4 Å². The Morgan fingerprint density at radius 3 is 2.68 bits per heavy atom. The fourth-order valence-electron chi connectivity index (χ4n) is 4.37. The van der Waals surface area contributed by atoms with E-state index in [0.29, 0.717) is 11.3 Å². The summed E-state index contributed by atoms with van der Waals surface area (Å²) in [5, 5.41) is 4.18. The van der Waals surface area contributed by atoms with E-state index in [1.807, 2.05) is 23.1 Å². The third-order valence-corrected chi connectivity index (χ3v) is 5.66. The summed E-state index contributed by atoms with van der Waals surface area (Å²) in [7, 11) is 0. The lowest BCUT2D eigenvalue weighted by atomic mass is 9.94. The van der Waals surface area contributed by atoms with Gasteiger partial charge in [0.25, 0.3) is 11.8 Å². The minimum absolute atomic E-state index is 0.0656. The van der Waals surface area contributed by atoms with Crippen molar-refractivity contribution in [1.29, 1.82) is 0 Å². The molecule has 4 heterocycles. The first-order valence-corrected chi connectivity index (χ1v) is 9.35. The fourth-order valence-corrected chi connectivity index (χ4v) is 4.37. The largest absolute Gasteiger partial charge is 0.365 e. The molecule has 2 N–H and O–H groups in total. The number of nitrogens with zero attached hydrogens (tertiary/aromatic N) is 4. The van der Waals surface area contributed by atoms with E-state index in [-0.39, 0.29) is 23.6 Å². The van der Waals surface area contributed by atoms with Crippen molar-refractivity contribution in [3.05, 3.63) is 71.7 Å². The summed E-state index contributed by atoms with van der Waals surface area (Å²) < 4.78 is 1.41. The van der Waals surface area contributed by atoms with Crippen molar-refractivity contribution in [3.63, 3.8) is 0 Å². The van der Waals surface area contributed by atoms with Gasteiger partial charge in [0, 0.05) is 12.2 Å². The molecule has 140 valence electrons. The van der Waals surface area contributed by atoms with E-state index in [0.717, 1.165) is 19.3 Å². The highest BCUT2D eigenvalue weighted by Gasteiger charge is 2.40. The second-order valence-electron chi connectivity index (χ2n) is 7.26. The molecule has 2 aliphatic rings. The van der Waals surface area contributed by atoms with Crippen LogP contribution in [0.4, 0.5) is 0 Å². The summed E-state index contributed by atoms with van der Waals surface area (Å²) >= 11 is 0. The third-order valence-electron chi connectivity index (χ3n) is 5.66. The maximum atomic E-state index is 13.4. The molecule has 1 saturated heterocycles. The topological polar surface area (TPSA) is 93.6 Å². The van der Waals surface area contributed by atoms with Gasteiger partial charge in [0.1, 0.15) is 11.3 Å². The molecule has 0 aliphatic carbocycles. The van der Waals surface area contributed by atoms with Crippen LogP contribution in [0.5, 0.6) is 0 Å². The number of amides is 2. The minimum atomic E-state index is -0.611. The maximum absolute atomic E-state index is 13.4. The lowest BCUT2D eigenvalue weighted by Gasteiger charge is -2.34. The van der Waals surface area contributed by atoms with Crippen LogP contribution < -0.4 is 5.73 Å². The Balaban J connectivity index is 1.51. The first-order chi connectivity index (χ1) is 13.6. The van der Waals surface area contributed by atoms with Crippen molar-refractivity contribution in [1.82, 2.24) is 19.5 Å². The van der Waals surface area contributed by atoms with E-state index in [1.54, 1.807) is 6.07 Å². The van der Waals surface area contributed by atoms with Gasteiger partial charge in [0.05, 0.1) is 12.2 Å². The molecule has 2 atom stereocenters. The smallest absolute Gasteiger partial charge is 0.273 e. The van der Waals surface area contributed by atoms with Gasteiger partial charge >= 0.3 is 0 Å². The van der Waals surface area contributed by atoms with Crippen LogP contribution in [0.25, 0.3) is 11.2 Å². The summed E-state index contributed by atoms with van der Waals surface area (Å²) in [6.07, 6.45) is 7.86. The van der Waals surface area contributed by atoms with Crippen molar-refractivity contribution in [2.75, 3.05) is 0 Å². The predicted molar refractivity (Wildman–Crippen MR) is 104 cm³/mol. The maximum Gasteiger partial charge on any atom is 0.273 e. The Morgan fingerprint density at radius 2 is 1.93 bits per heavy atom. The van der Waals surface area contributed by atoms with E-state index in [1.165, 1.54) is 28.0 Å². The first-order valence-electron chi connectivity index (χ1n) is 9.35. The quantitative estimate of drug-likeness (QED) is 0.762. The summed E-state index contributed by atoms with van der Waals surface area (Å²) in [6.45, 7) is 0. The van der Waals surface area contributed by atoms with Crippen molar-refractivity contribution >= 4 is 23.0 Å². The van der Waals surface area contributed by atoms with Gasteiger partial charge in [0.15, 0.2) is 5.65 Å². The molecule has 28 heavy (non-hydrogen) atoms. The van der Waals surface area contributed by atoms with Crippen molar-refractivity contribution in [2.24, 2.45) is 5.73 Å². The standard InChI is InChI=1S/C21H19N5O2/c22-19(27)17-12-24-26-18(8-9-23-20(17)26)21(28)25-15-6-7-16(25)11-14(10-15)13-4-2-1-3-5-13/h1-5,8-10,12,15-16H,6-7,11H2,(H2,22,27). The molecule has 0 radical (unpaired) electrons. The number of carbonyl (C=O) groups excluding carboxylic acids is 2. The summed E-state index contributed by atoms with van der Waals surface area (Å²) in [6, 6.07) is 12.2. The van der Waals surface area contributed by atoms with Crippen molar-refractivity contribution in [2.45, 2.75) is 31.3 Å². The van der Waals surface area contributed by atoms with Gasteiger partial charge in [-0.05, 0) is 36.5 Å². The highest BCUT2D eigenvalue weighted by Crippen LogP contribution is 2.39. The Morgan fingerprint density at radius 1 is 1.11 bits per heavy atom. The van der Waals surface area contributed by atoms with Gasteiger partial charge in [-0.1, -0.05) is 36.4 Å². The van der Waals surface area contributed by atoms with E-state index in [2.05, 4.69) is 28.3 Å². The molecule has 2 aliphatic heterocycles. The highest BCUT2D eigenvalue weighted by molar-refractivity contribution is 6.00. The molecule has 2 unspecified atom stereocenters. The zero-order chi connectivity index (χ0) is 19.3. The van der Waals surface area contributed by atoms with Crippen LogP contribution in [0, 0.1) is 0 Å². The Labute approximate surface area is 161 Å². The molecule has 0 spiro atoms. The molecule has 2 amide bonds. The lowest BCUT2D eigenvalue weighted by Crippen LogP contribution is -2.43. The van der Waals surface area contributed by atoms with E-state index in [4.69, 9.17) is 5.73 Å². The van der Waals surface area contributed by atoms with Gasteiger partial charge in [-0.15, -0.1) is 0 Å². The van der Waals surface area contributed by atoms with Crippen molar-refractivity contribution < 1.29 is 9.59 Å². The number of benzene rings is 1. The molecule has 7 nitrogen and oxygen atoms in total. The van der Waals surface area contributed by atoms with Crippen molar-refractivity contribution in [3.8, 4) is 0 Å². The number of nitrogens with two attached hydrogens (primary N) is 1. The Bertz CT molecular complexity index is 1120. The second-order valence-corrected chi connectivity index (χ2v) is 7.26. The fraction of sp³-hybridized carbons (Fsp3) is 0.238. The van der Waals surface area contributed by atoms with Crippen LogP contribution in [0.2, 0.25) is 0 Å². The lowest BCUT2D eigenvalue weighted by molar-refractivity contribution is 0.0683. The molecule has 2 aromatic heterocycles. The number of carbonyl (C=O) groups is 2. The summed E-state index contributed by atoms with van der Waals surface area (Å²) in [5.41, 5.74) is 8.81. The molecule has 7 heteroatoms. The Kier molecular flexibility index (Phi) is 3.75. The Hall–Kier alpha value is -3.48. The molecule has 5 rings (SSSR count). The predicted octanol–water partition coefficient (Wildman–Crippen LogP) is 2.29. The van der Waals surface area contributed by atoms with Crippen LogP contribution in [-0.2, 0) is 0 Å². The summed E-state index contributed by atoms with van der Waals surface area (Å²) in [5.74, 6) is -0.706. The average molecular weight is 373 g/mol. The van der Waals surface area contributed by atoms with E-state index < -0.39 is 5.91 Å². The minimum Gasteiger partial charge on any atom is -0.365 e. The van der Waals surface area contributed by atoms with Crippen LogP contribution in [0.3, 0.4) is 0 Å². The van der Waals surface area contributed by atoms with Gasteiger partial charge in [-0.3, -0.25) is 9.59 Å². The highest BCUT2D eigenvalue weighted by atomic mass is 16.2. The average Bonchev–Trinajstić information content (AvgIpc) is 3.26. The zero-order valence-corrected chi connectivity index (χ0v) is 15.2. The number of hydrogen-bond donors (Lipinski definition) is 1. The van der Waals surface area contributed by atoms with E-state index in [9.17, 15) is 9.59 Å². The molecular formula is C21H19N5O2. The number of fused-ring (bicyclic) bond motifs is 3. The molecule has 0 saturated carbocycles.